The van der Waals surface area contributed by atoms with Gasteiger partial charge in [0.25, 0.3) is 5.91 Å². The predicted octanol–water partition coefficient (Wildman–Crippen LogP) is 5.44. The summed E-state index contributed by atoms with van der Waals surface area (Å²) in [6.45, 7) is 5.81. The van der Waals surface area contributed by atoms with Crippen molar-refractivity contribution < 1.29 is 27.8 Å². The number of aliphatic hydroxyl groups excluding tert-OH is 1. The van der Waals surface area contributed by atoms with E-state index in [1.165, 1.54) is 12.1 Å². The van der Waals surface area contributed by atoms with Crippen molar-refractivity contribution in [1.29, 1.82) is 0 Å². The van der Waals surface area contributed by atoms with Gasteiger partial charge in [-0.1, -0.05) is 42.3 Å². The Morgan fingerprint density at radius 2 is 1.67 bits per heavy atom. The number of hydrogen-bond acceptors (Lipinski definition) is 5. The van der Waals surface area contributed by atoms with Gasteiger partial charge in [0.05, 0.1) is 29.7 Å². The number of benzene rings is 3. The van der Waals surface area contributed by atoms with Crippen LogP contribution in [0.25, 0.3) is 0 Å². The molecule has 0 fully saturated rings. The number of aryl methyl sites for hydroxylation is 3. The molecule has 0 unspecified atom stereocenters. The molecule has 3 aromatic carbocycles. The van der Waals surface area contributed by atoms with Gasteiger partial charge in [-0.05, 0) is 73.2 Å². The molecular formula is C30H36F2N2O4S. The van der Waals surface area contributed by atoms with Crippen LogP contribution < -0.4 is 10.6 Å². The Morgan fingerprint density at radius 3 is 2.31 bits per heavy atom. The van der Waals surface area contributed by atoms with Gasteiger partial charge in [0.2, 0.25) is 0 Å². The number of amides is 1. The van der Waals surface area contributed by atoms with Gasteiger partial charge in [-0.3, -0.25) is 13.9 Å². The Hall–Kier alpha value is -2.82. The first kappa shape index (κ1) is 29.2. The summed E-state index contributed by atoms with van der Waals surface area (Å²) >= 11 is 0. The van der Waals surface area contributed by atoms with Gasteiger partial charge >= 0.3 is 0 Å². The van der Waals surface area contributed by atoms with Gasteiger partial charge < -0.3 is 15.7 Å². The number of carbonyl (C=O) groups excluding carboxylic acids is 1. The summed E-state index contributed by atoms with van der Waals surface area (Å²) in [5.74, 6) is -1.60. The second-order valence-corrected chi connectivity index (χ2v) is 12.7. The van der Waals surface area contributed by atoms with Crippen LogP contribution in [0, 0.1) is 25.5 Å². The Labute approximate surface area is 229 Å². The second kappa shape index (κ2) is 12.1. The van der Waals surface area contributed by atoms with Crippen molar-refractivity contribution in [2.75, 3.05) is 12.3 Å². The maximum absolute atomic E-state index is 13.9. The van der Waals surface area contributed by atoms with Crippen LogP contribution in [0.2, 0.25) is 0 Å². The average molecular weight is 559 g/mol. The molecule has 6 nitrogen and oxygen atoms in total. The minimum atomic E-state index is -2.85. The van der Waals surface area contributed by atoms with Gasteiger partial charge in [-0.15, -0.1) is 0 Å². The summed E-state index contributed by atoms with van der Waals surface area (Å²) in [6.07, 6.45) is -0.326. The minimum absolute atomic E-state index is 0.00552. The summed E-state index contributed by atoms with van der Waals surface area (Å²) in [4.78, 5) is 13.2. The van der Waals surface area contributed by atoms with E-state index < -0.39 is 46.3 Å². The monoisotopic (exact) mass is 558 g/mol. The number of nitrogens with one attached hydrogen (secondary N) is 2. The molecule has 0 radical (unpaired) electrons. The molecule has 1 aliphatic heterocycles. The van der Waals surface area contributed by atoms with Crippen molar-refractivity contribution in [3.63, 3.8) is 0 Å². The summed E-state index contributed by atoms with van der Waals surface area (Å²) in [5.41, 5.74) is 5.45. The zero-order valence-electron chi connectivity index (χ0n) is 22.4. The van der Waals surface area contributed by atoms with Crippen LogP contribution in [0.3, 0.4) is 0 Å². The number of halogens is 2. The zero-order chi connectivity index (χ0) is 28.3. The molecule has 1 aliphatic rings. The van der Waals surface area contributed by atoms with E-state index in [-0.39, 0.29) is 24.5 Å². The van der Waals surface area contributed by atoms with E-state index in [0.29, 0.717) is 11.1 Å². The molecular weight excluding hydrogens is 522 g/mol. The van der Waals surface area contributed by atoms with Crippen molar-refractivity contribution >= 4 is 16.5 Å². The molecule has 210 valence electrons. The van der Waals surface area contributed by atoms with E-state index in [4.69, 9.17) is 0 Å². The first-order chi connectivity index (χ1) is 18.4. The van der Waals surface area contributed by atoms with Gasteiger partial charge in [0.15, 0.2) is 0 Å². The van der Waals surface area contributed by atoms with Crippen LogP contribution in [0.4, 0.5) is 8.78 Å². The maximum Gasteiger partial charge on any atom is 0.251 e. The third-order valence-electron chi connectivity index (χ3n) is 7.03. The van der Waals surface area contributed by atoms with E-state index in [0.717, 1.165) is 40.3 Å². The molecule has 9 heteroatoms. The van der Waals surface area contributed by atoms with Crippen molar-refractivity contribution in [2.24, 2.45) is 0 Å². The van der Waals surface area contributed by atoms with Crippen molar-refractivity contribution in [3.8, 4) is 0 Å². The fourth-order valence-electron chi connectivity index (χ4n) is 5.18. The molecule has 0 saturated heterocycles. The summed E-state index contributed by atoms with van der Waals surface area (Å²) in [7, 11) is -2.85. The van der Waals surface area contributed by atoms with Gasteiger partial charge in [0, 0.05) is 18.2 Å². The molecule has 1 amide bonds. The molecule has 4 rings (SSSR count). The van der Waals surface area contributed by atoms with Crippen LogP contribution in [0.1, 0.15) is 56.7 Å². The third kappa shape index (κ3) is 7.64. The highest BCUT2D eigenvalue weighted by atomic mass is 32.3. The fourth-order valence-corrected chi connectivity index (χ4v) is 6.89. The molecule has 5 N–H and O–H groups in total. The lowest BCUT2D eigenvalue weighted by molar-refractivity contribution is 0.0825. The Kier molecular flexibility index (Phi) is 9.08. The van der Waals surface area contributed by atoms with Crippen LogP contribution in [-0.2, 0) is 18.6 Å². The van der Waals surface area contributed by atoms with Crippen LogP contribution >= 0.6 is 10.6 Å². The zero-order valence-corrected chi connectivity index (χ0v) is 23.2. The maximum atomic E-state index is 13.9. The molecule has 0 aliphatic carbocycles. The van der Waals surface area contributed by atoms with Crippen LogP contribution in [0.15, 0.2) is 54.6 Å². The summed E-state index contributed by atoms with van der Waals surface area (Å²) in [5, 5.41) is 17.3. The quantitative estimate of drug-likeness (QED) is 0.241. The molecule has 1 heterocycles. The highest BCUT2D eigenvalue weighted by Gasteiger charge is 2.31. The normalized spacial score (nSPS) is 18.6. The average Bonchev–Trinajstić information content (AvgIpc) is 2.84. The standard InChI is InChI=1S/C30H36F2N2O4S/c1-4-20-5-6-22-16-39(37,38)17-28(26(22)12-20)33-15-29(35)27(13-21-10-24(31)14-25(32)11-21)34-30(36)23-8-18(2)7-19(3)9-23/h5-12,14,27-29,33,35,37-38H,4,13,15-17H2,1-3H3,(H,34,36)/t27-,28-,29+/m0/s1. The Bertz CT molecular complexity index is 1310. The van der Waals surface area contributed by atoms with E-state index in [2.05, 4.69) is 10.6 Å². The van der Waals surface area contributed by atoms with E-state index in [1.807, 2.05) is 45.0 Å². The Morgan fingerprint density at radius 1 is 1.00 bits per heavy atom. The number of aliphatic hydroxyl groups is 1. The number of carbonyl (C=O) groups is 1. The van der Waals surface area contributed by atoms with E-state index in [9.17, 15) is 27.8 Å². The Balaban J connectivity index is 1.56. The van der Waals surface area contributed by atoms with Gasteiger partial charge in [-0.25, -0.2) is 8.78 Å². The molecule has 3 atom stereocenters. The molecule has 0 aromatic heterocycles. The first-order valence-corrected chi connectivity index (χ1v) is 14.9. The van der Waals surface area contributed by atoms with Crippen LogP contribution in [-0.4, -0.2) is 44.6 Å². The minimum Gasteiger partial charge on any atom is -0.390 e. The number of hydrogen-bond donors (Lipinski definition) is 5. The lowest BCUT2D eigenvalue weighted by Gasteiger charge is -2.42. The predicted molar refractivity (Wildman–Crippen MR) is 151 cm³/mol. The lowest BCUT2D eigenvalue weighted by Crippen LogP contribution is -2.49. The first-order valence-electron chi connectivity index (χ1n) is 13.0. The second-order valence-electron chi connectivity index (χ2n) is 10.5. The lowest BCUT2D eigenvalue weighted by atomic mass is 9.96. The molecule has 0 bridgehead atoms. The van der Waals surface area contributed by atoms with Crippen molar-refractivity contribution in [2.45, 2.75) is 57.6 Å². The highest BCUT2D eigenvalue weighted by molar-refractivity contribution is 8.23. The smallest absolute Gasteiger partial charge is 0.251 e. The molecule has 0 saturated carbocycles. The largest absolute Gasteiger partial charge is 0.390 e. The van der Waals surface area contributed by atoms with Gasteiger partial charge in [0.1, 0.15) is 11.6 Å². The van der Waals surface area contributed by atoms with Crippen LogP contribution in [0.5, 0.6) is 0 Å². The molecule has 3 aromatic rings. The van der Waals surface area contributed by atoms with Crippen molar-refractivity contribution in [3.05, 3.63) is 105 Å². The number of rotatable bonds is 9. The fraction of sp³-hybridized carbons (Fsp3) is 0.367. The van der Waals surface area contributed by atoms with E-state index >= 15 is 0 Å². The van der Waals surface area contributed by atoms with Gasteiger partial charge in [-0.2, -0.15) is 10.6 Å². The highest BCUT2D eigenvalue weighted by Crippen LogP contribution is 2.50. The summed E-state index contributed by atoms with van der Waals surface area (Å²) < 4.78 is 48.9. The number of fused-ring (bicyclic) bond motifs is 1. The topological polar surface area (TPSA) is 102 Å². The molecule has 39 heavy (non-hydrogen) atoms. The van der Waals surface area contributed by atoms with Crippen molar-refractivity contribution in [1.82, 2.24) is 10.6 Å². The third-order valence-corrected chi connectivity index (χ3v) is 8.67. The SMILES string of the molecule is CCc1ccc2c(c1)[C@@H](NC[C@@H](O)[C@H](Cc1cc(F)cc(F)c1)NC(=O)c1cc(C)cc(C)c1)CS(O)(O)C2. The van der Waals surface area contributed by atoms with E-state index in [1.54, 1.807) is 12.1 Å². The molecule has 0 spiro atoms. The summed E-state index contributed by atoms with van der Waals surface area (Å²) in [6, 6.07) is 13.2.